The number of nitrogens with two attached hydrogens (primary N) is 1. The first-order valence-electron chi connectivity index (χ1n) is 6.12. The molecule has 2 rings (SSSR count). The van der Waals surface area contributed by atoms with Crippen LogP contribution in [0.5, 0.6) is 0 Å². The molecule has 7 heteroatoms. The van der Waals surface area contributed by atoms with Crippen molar-refractivity contribution in [2.75, 3.05) is 19.0 Å². The standard InChI is InChI=1S/C13H16N4O3/c1-19-11(7-14)6-12(18)16-10-4-2-9(3-5-10)13-17-15-8-20-13/h2-5,8,11H,6-7,14H2,1H3,(H,16,18). The maximum atomic E-state index is 11.8. The van der Waals surface area contributed by atoms with E-state index in [2.05, 4.69) is 15.5 Å². The lowest BCUT2D eigenvalue weighted by Crippen LogP contribution is -2.28. The lowest BCUT2D eigenvalue weighted by atomic mass is 10.2. The molecule has 1 aromatic carbocycles. The predicted octanol–water partition coefficient (Wildman–Crippen LogP) is 1.04. The van der Waals surface area contributed by atoms with Crippen LogP contribution in [0, 0.1) is 0 Å². The number of rotatable bonds is 6. The van der Waals surface area contributed by atoms with Crippen LogP contribution < -0.4 is 11.1 Å². The Bertz CT molecular complexity index is 535. The maximum Gasteiger partial charge on any atom is 0.247 e. The van der Waals surface area contributed by atoms with E-state index in [1.807, 2.05) is 0 Å². The van der Waals surface area contributed by atoms with Crippen molar-refractivity contribution in [1.29, 1.82) is 0 Å². The van der Waals surface area contributed by atoms with Crippen molar-refractivity contribution in [2.24, 2.45) is 5.73 Å². The van der Waals surface area contributed by atoms with E-state index >= 15 is 0 Å². The number of hydrogen-bond acceptors (Lipinski definition) is 6. The lowest BCUT2D eigenvalue weighted by molar-refractivity contribution is -0.118. The molecule has 3 N–H and O–H groups in total. The van der Waals surface area contributed by atoms with Crippen molar-refractivity contribution < 1.29 is 13.9 Å². The molecule has 1 atom stereocenters. The number of nitrogens with one attached hydrogen (secondary N) is 1. The average molecular weight is 276 g/mol. The van der Waals surface area contributed by atoms with Gasteiger partial charge in [0, 0.05) is 24.9 Å². The molecule has 0 fully saturated rings. The topological polar surface area (TPSA) is 103 Å². The second-order valence-electron chi connectivity index (χ2n) is 4.17. The summed E-state index contributed by atoms with van der Waals surface area (Å²) in [4.78, 5) is 11.8. The minimum Gasteiger partial charge on any atom is -0.423 e. The fraction of sp³-hybridized carbons (Fsp3) is 0.308. The van der Waals surface area contributed by atoms with Gasteiger partial charge in [0.1, 0.15) is 0 Å². The molecule has 1 heterocycles. The Hall–Kier alpha value is -2.25. The van der Waals surface area contributed by atoms with Gasteiger partial charge in [-0.1, -0.05) is 0 Å². The highest BCUT2D eigenvalue weighted by atomic mass is 16.5. The first kappa shape index (κ1) is 14.2. The van der Waals surface area contributed by atoms with Crippen LogP contribution in [0.4, 0.5) is 5.69 Å². The largest absolute Gasteiger partial charge is 0.423 e. The smallest absolute Gasteiger partial charge is 0.247 e. The van der Waals surface area contributed by atoms with Gasteiger partial charge in [-0.15, -0.1) is 10.2 Å². The molecule has 0 radical (unpaired) electrons. The van der Waals surface area contributed by atoms with E-state index in [9.17, 15) is 4.79 Å². The third-order valence-electron chi connectivity index (χ3n) is 2.78. The minimum absolute atomic E-state index is 0.146. The zero-order valence-electron chi connectivity index (χ0n) is 11.1. The van der Waals surface area contributed by atoms with E-state index in [1.165, 1.54) is 13.5 Å². The lowest BCUT2D eigenvalue weighted by Gasteiger charge is -2.12. The van der Waals surface area contributed by atoms with Gasteiger partial charge in [0.25, 0.3) is 0 Å². The number of hydrogen-bond donors (Lipinski definition) is 2. The summed E-state index contributed by atoms with van der Waals surface area (Å²) < 4.78 is 10.1. The van der Waals surface area contributed by atoms with Crippen molar-refractivity contribution >= 4 is 11.6 Å². The Morgan fingerprint density at radius 2 is 2.20 bits per heavy atom. The molecule has 1 aromatic heterocycles. The van der Waals surface area contributed by atoms with Crippen LogP contribution in [-0.4, -0.2) is 35.9 Å². The quantitative estimate of drug-likeness (QED) is 0.817. The van der Waals surface area contributed by atoms with Crippen LogP contribution in [-0.2, 0) is 9.53 Å². The molecule has 106 valence electrons. The van der Waals surface area contributed by atoms with Crippen LogP contribution in [0.3, 0.4) is 0 Å². The Balaban J connectivity index is 1.95. The van der Waals surface area contributed by atoms with E-state index in [-0.39, 0.29) is 18.4 Å². The zero-order valence-corrected chi connectivity index (χ0v) is 11.1. The van der Waals surface area contributed by atoms with Gasteiger partial charge in [-0.3, -0.25) is 4.79 Å². The van der Waals surface area contributed by atoms with Crippen LogP contribution >= 0.6 is 0 Å². The Morgan fingerprint density at radius 3 is 2.75 bits per heavy atom. The number of methoxy groups -OCH3 is 1. The number of nitrogens with zero attached hydrogens (tertiary/aromatic N) is 2. The molecule has 0 aliphatic rings. The number of aromatic nitrogens is 2. The van der Waals surface area contributed by atoms with Gasteiger partial charge in [0.05, 0.1) is 12.5 Å². The second-order valence-corrected chi connectivity index (χ2v) is 4.17. The average Bonchev–Trinajstić information content (AvgIpc) is 2.99. The monoisotopic (exact) mass is 276 g/mol. The highest BCUT2D eigenvalue weighted by Gasteiger charge is 2.11. The highest BCUT2D eigenvalue weighted by Crippen LogP contribution is 2.19. The molecule has 0 bridgehead atoms. The zero-order chi connectivity index (χ0) is 14.4. The number of carbonyl (C=O) groups is 1. The van der Waals surface area contributed by atoms with Crippen LogP contribution in [0.15, 0.2) is 35.1 Å². The van der Waals surface area contributed by atoms with Crippen molar-refractivity contribution in [2.45, 2.75) is 12.5 Å². The van der Waals surface area contributed by atoms with E-state index in [1.54, 1.807) is 24.3 Å². The Kier molecular flexibility index (Phi) is 4.80. The number of amides is 1. The van der Waals surface area contributed by atoms with Gasteiger partial charge >= 0.3 is 0 Å². The molecule has 0 saturated carbocycles. The Labute approximate surface area is 116 Å². The summed E-state index contributed by atoms with van der Waals surface area (Å²) in [6, 6.07) is 7.11. The number of anilines is 1. The summed E-state index contributed by atoms with van der Waals surface area (Å²) in [6.07, 6.45) is 1.22. The van der Waals surface area contributed by atoms with E-state index in [0.29, 0.717) is 18.1 Å². The molecule has 7 nitrogen and oxygen atoms in total. The third kappa shape index (κ3) is 3.62. The number of ether oxygens (including phenoxy) is 1. The fourth-order valence-electron chi connectivity index (χ4n) is 1.68. The van der Waals surface area contributed by atoms with Gasteiger partial charge in [0.15, 0.2) is 0 Å². The first-order valence-corrected chi connectivity index (χ1v) is 6.12. The molecule has 2 aromatic rings. The summed E-state index contributed by atoms with van der Waals surface area (Å²) in [5.74, 6) is 0.290. The van der Waals surface area contributed by atoms with E-state index in [0.717, 1.165) is 5.56 Å². The van der Waals surface area contributed by atoms with E-state index < -0.39 is 0 Å². The van der Waals surface area contributed by atoms with Gasteiger partial charge in [-0.05, 0) is 24.3 Å². The van der Waals surface area contributed by atoms with Crippen molar-refractivity contribution in [3.8, 4) is 11.5 Å². The predicted molar refractivity (Wildman–Crippen MR) is 72.8 cm³/mol. The van der Waals surface area contributed by atoms with Gasteiger partial charge < -0.3 is 20.2 Å². The molecular weight excluding hydrogens is 260 g/mol. The highest BCUT2D eigenvalue weighted by molar-refractivity contribution is 5.91. The Morgan fingerprint density at radius 1 is 1.45 bits per heavy atom. The first-order chi connectivity index (χ1) is 9.72. The SMILES string of the molecule is COC(CN)CC(=O)Nc1ccc(-c2nnco2)cc1. The van der Waals surface area contributed by atoms with Crippen LogP contribution in [0.2, 0.25) is 0 Å². The molecule has 0 aliphatic heterocycles. The van der Waals surface area contributed by atoms with Crippen molar-refractivity contribution in [3.63, 3.8) is 0 Å². The number of carbonyl (C=O) groups excluding carboxylic acids is 1. The summed E-state index contributed by atoms with van der Waals surface area (Å²) in [5, 5.41) is 10.2. The molecule has 0 saturated heterocycles. The van der Waals surface area contributed by atoms with E-state index in [4.69, 9.17) is 14.9 Å². The van der Waals surface area contributed by atoms with Gasteiger partial charge in [-0.25, -0.2) is 0 Å². The molecule has 20 heavy (non-hydrogen) atoms. The van der Waals surface area contributed by atoms with Crippen molar-refractivity contribution in [1.82, 2.24) is 10.2 Å². The molecule has 0 aliphatic carbocycles. The molecule has 0 spiro atoms. The van der Waals surface area contributed by atoms with Crippen LogP contribution in [0.1, 0.15) is 6.42 Å². The summed E-state index contributed by atoms with van der Waals surface area (Å²) in [5.41, 5.74) is 6.95. The fourth-order valence-corrected chi connectivity index (χ4v) is 1.68. The minimum atomic E-state index is -0.271. The maximum absolute atomic E-state index is 11.8. The van der Waals surface area contributed by atoms with Gasteiger partial charge in [0.2, 0.25) is 18.2 Å². The van der Waals surface area contributed by atoms with Gasteiger partial charge in [-0.2, -0.15) is 0 Å². The summed E-state index contributed by atoms with van der Waals surface area (Å²) >= 11 is 0. The summed E-state index contributed by atoms with van der Waals surface area (Å²) in [7, 11) is 1.53. The normalized spacial score (nSPS) is 12.1. The van der Waals surface area contributed by atoms with Crippen molar-refractivity contribution in [3.05, 3.63) is 30.7 Å². The summed E-state index contributed by atoms with van der Waals surface area (Å²) in [6.45, 7) is 0.306. The molecular formula is C13H16N4O3. The second kappa shape index (κ2) is 6.78. The van der Waals surface area contributed by atoms with Crippen LogP contribution in [0.25, 0.3) is 11.5 Å². The third-order valence-corrected chi connectivity index (χ3v) is 2.78. The molecule has 1 unspecified atom stereocenters. The molecule has 1 amide bonds. The number of benzene rings is 1.